The van der Waals surface area contributed by atoms with Gasteiger partial charge in [0, 0.05) is 113 Å². The van der Waals surface area contributed by atoms with Crippen molar-refractivity contribution in [3.63, 3.8) is 0 Å². The van der Waals surface area contributed by atoms with Crippen LogP contribution in [0.1, 0.15) is 152 Å². The Hall–Kier alpha value is -6.35. The summed E-state index contributed by atoms with van der Waals surface area (Å²) in [6.07, 6.45) is 12.0. The van der Waals surface area contributed by atoms with E-state index in [4.69, 9.17) is 19.2 Å². The number of pyridine rings is 2. The Labute approximate surface area is 474 Å². The minimum atomic E-state index is -1.83. The van der Waals surface area contributed by atoms with Crippen molar-refractivity contribution in [2.75, 3.05) is 70.4 Å². The Morgan fingerprint density at radius 2 is 1.60 bits per heavy atom. The van der Waals surface area contributed by atoms with Crippen LogP contribution in [0.15, 0.2) is 35.3 Å². The van der Waals surface area contributed by atoms with Crippen molar-refractivity contribution in [3.05, 3.63) is 68.8 Å². The van der Waals surface area contributed by atoms with Gasteiger partial charge in [-0.15, -0.1) is 5.10 Å². The van der Waals surface area contributed by atoms with Crippen LogP contribution < -0.4 is 15.6 Å². The number of carbonyl (C=O) groups excluding carboxylic acids is 6. The number of piperidine rings is 2. The number of fused-ring (bicyclic) bond motifs is 5. The van der Waals surface area contributed by atoms with Crippen LogP contribution in [0.5, 0.6) is 5.75 Å². The molecule has 1 aromatic carbocycles. The van der Waals surface area contributed by atoms with Gasteiger partial charge >= 0.3 is 18.0 Å². The second-order valence-electron chi connectivity index (χ2n) is 21.4. The molecule has 1 atom stereocenters. The highest BCUT2D eigenvalue weighted by atomic mass is 32.2. The zero-order valence-corrected chi connectivity index (χ0v) is 48.5. The number of ether oxygens (including phenoxy) is 3. The van der Waals surface area contributed by atoms with Crippen molar-refractivity contribution in [2.45, 2.75) is 169 Å². The highest BCUT2D eigenvalue weighted by Crippen LogP contribution is 2.43. The number of amides is 4. The number of hydrogen-bond acceptors (Lipinski definition) is 15. The molecule has 21 heteroatoms. The molecule has 4 amide bonds. The molecule has 1 N–H and O–H groups in total. The molecule has 7 heterocycles. The van der Waals surface area contributed by atoms with Crippen molar-refractivity contribution in [1.29, 1.82) is 0 Å². The Morgan fingerprint density at radius 1 is 0.850 bits per heavy atom. The van der Waals surface area contributed by atoms with Crippen LogP contribution in [0, 0.1) is 0 Å². The summed E-state index contributed by atoms with van der Waals surface area (Å²) in [6, 6.07) is 7.73. The largest absolute Gasteiger partial charge is 0.457 e. The normalized spacial score (nSPS) is 17.1. The fourth-order valence-corrected chi connectivity index (χ4v) is 12.5. The third-order valence-corrected chi connectivity index (χ3v) is 17.3. The molecule has 0 unspecified atom stereocenters. The van der Waals surface area contributed by atoms with Crippen LogP contribution in [0.25, 0.3) is 22.3 Å². The van der Waals surface area contributed by atoms with Crippen LogP contribution in [0.3, 0.4) is 0 Å². The number of thioether (sulfide) groups is 1. The Morgan fingerprint density at radius 3 is 2.31 bits per heavy atom. The summed E-state index contributed by atoms with van der Waals surface area (Å²) in [5.74, 6) is 0.939. The molecular formula is C59H82N10O10S. The Balaban J connectivity index is 0.812. The zero-order chi connectivity index (χ0) is 56.8. The van der Waals surface area contributed by atoms with Gasteiger partial charge in [0.05, 0.1) is 34.7 Å². The van der Waals surface area contributed by atoms with Crippen LogP contribution >= 0.6 is 11.8 Å². The third-order valence-electron chi connectivity index (χ3n) is 16.2. The van der Waals surface area contributed by atoms with Crippen molar-refractivity contribution in [2.24, 2.45) is 0 Å². The summed E-state index contributed by atoms with van der Waals surface area (Å²) in [5.41, 5.74) is 2.79. The second-order valence-corrected chi connectivity index (χ2v) is 22.6. The highest BCUT2D eigenvalue weighted by Gasteiger charge is 2.50. The first kappa shape index (κ1) is 59.8. The SMILES string of the molecule is CCCSCCN(CCN(CCNC(=O)CCCc1cn(CCCCC(=O)O[C@]2(CC)C(=O)OCc3c2cc2n(c3=O)Cc3c-2nc2ccc(OC(=O)N4CCC(N5CCCCC5)CC4)cc2c3CC)nn1)C(=O)CC)C(=O)CC. The number of rotatable bonds is 27. The van der Waals surface area contributed by atoms with Crippen molar-refractivity contribution < 1.29 is 43.0 Å². The van der Waals surface area contributed by atoms with E-state index in [1.54, 1.807) is 38.1 Å². The van der Waals surface area contributed by atoms with E-state index < -0.39 is 17.5 Å². The van der Waals surface area contributed by atoms with Gasteiger partial charge in [-0.3, -0.25) is 28.7 Å². The summed E-state index contributed by atoms with van der Waals surface area (Å²) >= 11 is 1.82. The minimum absolute atomic E-state index is 0.00936. The van der Waals surface area contributed by atoms with Gasteiger partial charge in [0.15, 0.2) is 0 Å². The van der Waals surface area contributed by atoms with E-state index in [9.17, 15) is 33.6 Å². The molecule has 4 aliphatic heterocycles. The number of unbranched alkanes of at least 4 members (excludes halogenated alkanes) is 1. The van der Waals surface area contributed by atoms with Crippen molar-refractivity contribution >= 4 is 58.4 Å². The molecule has 20 nitrogen and oxygen atoms in total. The average molecular weight is 1120 g/mol. The van der Waals surface area contributed by atoms with E-state index in [1.807, 2.05) is 55.8 Å². The number of hydrogen-bond donors (Lipinski definition) is 1. The summed E-state index contributed by atoms with van der Waals surface area (Å²) in [6.45, 7) is 15.9. The summed E-state index contributed by atoms with van der Waals surface area (Å²) in [7, 11) is 0. The van der Waals surface area contributed by atoms with Crippen LogP contribution in [-0.2, 0) is 71.6 Å². The van der Waals surface area contributed by atoms with Crippen LogP contribution in [0.2, 0.25) is 0 Å². The van der Waals surface area contributed by atoms with Gasteiger partial charge in [-0.25, -0.2) is 14.6 Å². The van der Waals surface area contributed by atoms with E-state index in [2.05, 4.69) is 27.5 Å². The van der Waals surface area contributed by atoms with E-state index >= 15 is 0 Å². The molecule has 0 bridgehead atoms. The summed E-state index contributed by atoms with van der Waals surface area (Å²) in [4.78, 5) is 106. The summed E-state index contributed by atoms with van der Waals surface area (Å²) in [5, 5.41) is 12.3. The molecular weight excluding hydrogens is 1040 g/mol. The molecule has 2 fully saturated rings. The van der Waals surface area contributed by atoms with E-state index in [0.717, 1.165) is 66.1 Å². The van der Waals surface area contributed by atoms with Gasteiger partial charge in [-0.1, -0.05) is 46.3 Å². The van der Waals surface area contributed by atoms with Gasteiger partial charge in [0.25, 0.3) is 5.56 Å². The summed E-state index contributed by atoms with van der Waals surface area (Å²) < 4.78 is 21.0. The lowest BCUT2D eigenvalue weighted by molar-refractivity contribution is -0.189. The molecule has 4 aliphatic rings. The van der Waals surface area contributed by atoms with Gasteiger partial charge in [-0.2, -0.15) is 11.8 Å². The maximum absolute atomic E-state index is 14.4. The zero-order valence-electron chi connectivity index (χ0n) is 47.7. The predicted molar refractivity (Wildman–Crippen MR) is 305 cm³/mol. The number of esters is 2. The van der Waals surface area contributed by atoms with Gasteiger partial charge in [0.2, 0.25) is 23.3 Å². The van der Waals surface area contributed by atoms with E-state index in [1.165, 1.54) is 19.3 Å². The molecule has 3 aromatic heterocycles. The standard InChI is InChI=1S/C59H82N10O10S/c1-6-34-80-35-33-66(53(72)9-4)32-31-65(52(71)8-3)30-24-60-51(70)18-16-17-41-38-68(63-62-41)27-15-12-19-54(73)79-59(10-5)48-37-50-55-46(39-69(50)56(74)47(48)40-77-57(59)75)44(7-2)45-36-43(20-21-49(45)61-55)78-58(76)67-28-22-42(23-29-67)64-25-13-11-14-26-64/h20-21,36-38,42H,6-19,22-35,39-40H2,1-5H3,(H,60,70)/t59-/m0/s1. The van der Waals surface area contributed by atoms with Crippen molar-refractivity contribution in [1.82, 2.24) is 49.5 Å². The lowest BCUT2D eigenvalue weighted by atomic mass is 9.85. The fraction of sp³-hybridized carbons (Fsp3) is 0.627. The van der Waals surface area contributed by atoms with Crippen molar-refractivity contribution in [3.8, 4) is 17.1 Å². The number of carbonyl (C=O) groups is 6. The number of nitrogens with one attached hydrogen (secondary N) is 1. The quantitative estimate of drug-likeness (QED) is 0.0407. The molecule has 0 aliphatic carbocycles. The molecule has 0 radical (unpaired) electrons. The first-order chi connectivity index (χ1) is 38.8. The number of nitrogens with zero attached hydrogens (tertiary/aromatic N) is 9. The molecule has 80 heavy (non-hydrogen) atoms. The number of likely N-dealkylation sites (tertiary alicyclic amines) is 2. The van der Waals surface area contributed by atoms with Crippen LogP contribution in [-0.4, -0.2) is 156 Å². The third kappa shape index (κ3) is 14.2. The van der Waals surface area contributed by atoms with Crippen LogP contribution in [0.4, 0.5) is 4.79 Å². The lowest BCUT2D eigenvalue weighted by Crippen LogP contribution is -2.48. The number of cyclic esters (lactones) is 1. The Kier molecular flexibility index (Phi) is 21.2. The molecule has 4 aromatic rings. The molecule has 434 valence electrons. The number of benzene rings is 1. The monoisotopic (exact) mass is 1120 g/mol. The van der Waals surface area contributed by atoms with Gasteiger partial charge < -0.3 is 43.7 Å². The van der Waals surface area contributed by atoms with Gasteiger partial charge in [0.1, 0.15) is 12.4 Å². The molecule has 8 rings (SSSR count). The van der Waals surface area contributed by atoms with Gasteiger partial charge in [-0.05, 0) is 119 Å². The number of aryl methyl sites for hydroxylation is 3. The first-order valence-electron chi connectivity index (χ1n) is 29.4. The fourth-order valence-electron chi connectivity index (χ4n) is 11.7. The highest BCUT2D eigenvalue weighted by molar-refractivity contribution is 7.99. The number of aromatic nitrogens is 5. The lowest BCUT2D eigenvalue weighted by Gasteiger charge is -2.39. The molecule has 2 saturated heterocycles. The minimum Gasteiger partial charge on any atom is -0.457 e. The average Bonchev–Trinajstić information content (AvgIpc) is 4.23. The predicted octanol–water partition coefficient (Wildman–Crippen LogP) is 7.16. The molecule has 0 spiro atoms. The second kappa shape index (κ2) is 28.4. The first-order valence-corrected chi connectivity index (χ1v) is 30.6. The maximum Gasteiger partial charge on any atom is 0.415 e. The Bertz CT molecular complexity index is 2910. The van der Waals surface area contributed by atoms with E-state index in [0.29, 0.717) is 132 Å². The molecule has 0 saturated carbocycles. The smallest absolute Gasteiger partial charge is 0.415 e. The maximum atomic E-state index is 14.4. The van der Waals surface area contributed by atoms with E-state index in [-0.39, 0.29) is 67.4 Å². The topological polar surface area (TPSA) is 221 Å².